The summed E-state index contributed by atoms with van der Waals surface area (Å²) in [6, 6.07) is 7.88. The summed E-state index contributed by atoms with van der Waals surface area (Å²) in [6.45, 7) is 3.16. The van der Waals surface area contributed by atoms with E-state index in [1.54, 1.807) is 13.8 Å². The van der Waals surface area contributed by atoms with Crippen molar-refractivity contribution in [1.29, 1.82) is 0 Å². The van der Waals surface area contributed by atoms with Crippen LogP contribution in [0, 0.1) is 6.92 Å². The second-order valence-corrected chi connectivity index (χ2v) is 9.72. The molecule has 1 unspecified atom stereocenters. The fraction of sp³-hybridized carbons (Fsp3) is 0.240. The lowest BCUT2D eigenvalue weighted by atomic mass is 9.86. The summed E-state index contributed by atoms with van der Waals surface area (Å²) >= 11 is 17.7. The molecular weight excluding hydrogens is 568 g/mol. The van der Waals surface area contributed by atoms with E-state index in [0.29, 0.717) is 11.1 Å². The van der Waals surface area contributed by atoms with E-state index in [9.17, 15) is 22.8 Å². The van der Waals surface area contributed by atoms with Gasteiger partial charge in [0, 0.05) is 34.0 Å². The fourth-order valence-corrected chi connectivity index (χ4v) is 4.57. The number of carbonyl (C=O) groups excluding carboxylic acids is 2. The molecule has 1 atom stereocenters. The van der Waals surface area contributed by atoms with Crippen LogP contribution in [0.2, 0.25) is 15.1 Å². The lowest BCUT2D eigenvalue weighted by Gasteiger charge is -2.29. The van der Waals surface area contributed by atoms with Crippen LogP contribution in [0.1, 0.15) is 46.8 Å². The first-order valence-corrected chi connectivity index (χ1v) is 12.2. The number of halogens is 6. The minimum Gasteiger partial charge on any atom is -0.374 e. The van der Waals surface area contributed by atoms with Gasteiger partial charge in [-0.2, -0.15) is 13.2 Å². The highest BCUT2D eigenvalue weighted by Crippen LogP contribution is 2.49. The Morgan fingerprint density at radius 3 is 2.21 bits per heavy atom. The molecule has 0 saturated carbocycles. The minimum absolute atomic E-state index is 0.00282. The van der Waals surface area contributed by atoms with Crippen molar-refractivity contribution in [1.82, 2.24) is 9.97 Å². The van der Waals surface area contributed by atoms with Crippen LogP contribution in [0.5, 0.6) is 0 Å². The van der Waals surface area contributed by atoms with Gasteiger partial charge in [0.2, 0.25) is 11.9 Å². The molecule has 7 nitrogen and oxygen atoms in total. The molecule has 0 fully saturated rings. The van der Waals surface area contributed by atoms with Gasteiger partial charge in [-0.15, -0.1) is 0 Å². The van der Waals surface area contributed by atoms with Crippen molar-refractivity contribution in [2.45, 2.75) is 38.5 Å². The van der Waals surface area contributed by atoms with E-state index in [4.69, 9.17) is 39.6 Å². The van der Waals surface area contributed by atoms with E-state index >= 15 is 0 Å². The van der Waals surface area contributed by atoms with Crippen LogP contribution in [-0.2, 0) is 15.2 Å². The number of imide groups is 1. The Morgan fingerprint density at radius 1 is 1.03 bits per heavy atom. The molecule has 0 bridgehead atoms. The number of alkyl halides is 3. The zero-order valence-electron chi connectivity index (χ0n) is 19.8. The number of amides is 2. The summed E-state index contributed by atoms with van der Waals surface area (Å²) in [6.07, 6.45) is -3.01. The quantitative estimate of drug-likeness (QED) is 0.325. The molecule has 1 aromatic heterocycles. The predicted molar refractivity (Wildman–Crippen MR) is 137 cm³/mol. The third-order valence-electron chi connectivity index (χ3n) is 5.87. The van der Waals surface area contributed by atoms with E-state index in [2.05, 4.69) is 15.1 Å². The fourth-order valence-electron chi connectivity index (χ4n) is 3.94. The Hall–Kier alpha value is -3.21. The normalized spacial score (nSPS) is 17.1. The number of nitrogens with zero attached hydrogens (tertiary/aromatic N) is 4. The minimum atomic E-state index is -4.85. The van der Waals surface area contributed by atoms with Gasteiger partial charge in [0.05, 0.1) is 23.1 Å². The van der Waals surface area contributed by atoms with Gasteiger partial charge in [0.15, 0.2) is 0 Å². The number of aromatic nitrogens is 2. The second kappa shape index (κ2) is 10.5. The largest absolute Gasteiger partial charge is 0.435 e. The van der Waals surface area contributed by atoms with Gasteiger partial charge in [0.25, 0.3) is 11.5 Å². The SMILES string of the molecule is CCC(=O)N(C(=O)c1ccc(C2=NOC(c3cc(Cl)cc(Cl)c3)(C(F)(F)F)C2)cc1C)c1ncc(Cl)cn1. The maximum absolute atomic E-state index is 14.3. The van der Waals surface area contributed by atoms with Crippen LogP contribution in [0.15, 0.2) is 53.9 Å². The van der Waals surface area contributed by atoms with Gasteiger partial charge in [-0.3, -0.25) is 9.59 Å². The molecule has 0 spiro atoms. The van der Waals surface area contributed by atoms with Crippen molar-refractivity contribution >= 4 is 58.3 Å². The van der Waals surface area contributed by atoms with Gasteiger partial charge in [-0.05, 0) is 48.4 Å². The van der Waals surface area contributed by atoms with E-state index in [1.807, 2.05) is 0 Å². The molecular formula is C25H18Cl3F3N4O3. The first kappa shape index (κ1) is 27.8. The Labute approximate surface area is 230 Å². The zero-order chi connectivity index (χ0) is 27.8. The second-order valence-electron chi connectivity index (χ2n) is 8.41. The molecule has 0 saturated heterocycles. The van der Waals surface area contributed by atoms with E-state index < -0.39 is 30.0 Å². The predicted octanol–water partition coefficient (Wildman–Crippen LogP) is 6.91. The topological polar surface area (TPSA) is 84.8 Å². The van der Waals surface area contributed by atoms with Crippen LogP contribution < -0.4 is 4.90 Å². The van der Waals surface area contributed by atoms with Gasteiger partial charge >= 0.3 is 6.18 Å². The summed E-state index contributed by atoms with van der Waals surface area (Å²) in [5, 5.41) is 3.99. The van der Waals surface area contributed by atoms with Gasteiger partial charge in [0.1, 0.15) is 0 Å². The van der Waals surface area contributed by atoms with Crippen LogP contribution in [0.4, 0.5) is 19.1 Å². The van der Waals surface area contributed by atoms with Crippen molar-refractivity contribution in [3.8, 4) is 0 Å². The van der Waals surface area contributed by atoms with Crippen molar-refractivity contribution in [2.24, 2.45) is 5.16 Å². The molecule has 0 radical (unpaired) electrons. The summed E-state index contributed by atoms with van der Waals surface area (Å²) in [4.78, 5) is 39.7. The van der Waals surface area contributed by atoms with Crippen molar-refractivity contribution in [2.75, 3.05) is 4.90 Å². The van der Waals surface area contributed by atoms with Crippen LogP contribution in [0.3, 0.4) is 0 Å². The number of benzene rings is 2. The molecule has 3 aromatic rings. The molecule has 38 heavy (non-hydrogen) atoms. The number of hydrogen-bond acceptors (Lipinski definition) is 6. The number of hydrogen-bond donors (Lipinski definition) is 0. The molecule has 13 heteroatoms. The molecule has 2 aromatic carbocycles. The number of anilines is 1. The van der Waals surface area contributed by atoms with Crippen molar-refractivity contribution in [3.05, 3.63) is 86.1 Å². The monoisotopic (exact) mass is 584 g/mol. The molecule has 4 rings (SSSR count). The first-order valence-electron chi connectivity index (χ1n) is 11.1. The number of rotatable bonds is 5. The van der Waals surface area contributed by atoms with Crippen LogP contribution in [-0.4, -0.2) is 33.7 Å². The molecule has 198 valence electrons. The Bertz CT molecular complexity index is 1430. The van der Waals surface area contributed by atoms with E-state index in [-0.39, 0.29) is 44.3 Å². The molecule has 1 aliphatic heterocycles. The van der Waals surface area contributed by atoms with Crippen molar-refractivity contribution in [3.63, 3.8) is 0 Å². The smallest absolute Gasteiger partial charge is 0.374 e. The van der Waals surface area contributed by atoms with E-state index in [0.717, 1.165) is 17.0 Å². The summed E-state index contributed by atoms with van der Waals surface area (Å²) < 4.78 is 42.9. The highest BCUT2D eigenvalue weighted by atomic mass is 35.5. The number of carbonyl (C=O) groups is 2. The molecule has 0 aliphatic carbocycles. The number of oxime groups is 1. The highest BCUT2D eigenvalue weighted by Gasteiger charge is 2.62. The van der Waals surface area contributed by atoms with Crippen LogP contribution >= 0.6 is 34.8 Å². The third-order valence-corrected chi connectivity index (χ3v) is 6.50. The zero-order valence-corrected chi connectivity index (χ0v) is 22.1. The molecule has 2 amide bonds. The third kappa shape index (κ3) is 5.21. The maximum atomic E-state index is 14.3. The Morgan fingerprint density at radius 2 is 1.66 bits per heavy atom. The Kier molecular flexibility index (Phi) is 7.69. The molecule has 0 N–H and O–H groups in total. The standard InChI is InChI=1S/C25H18Cl3F3N4O3/c1-3-21(36)35(23-32-11-18(28)12-33-23)22(37)19-5-4-14(6-13(19)2)20-10-24(38-34-20,25(29,30)31)15-7-16(26)9-17(27)8-15/h4-9,11-12H,3,10H2,1-2H3. The average molecular weight is 586 g/mol. The number of aryl methyl sites for hydroxylation is 1. The Balaban J connectivity index is 1.66. The summed E-state index contributed by atoms with van der Waals surface area (Å²) in [5.41, 5.74) is -2.28. The first-order chi connectivity index (χ1) is 17.9. The van der Waals surface area contributed by atoms with Gasteiger partial charge in [-0.1, -0.05) is 52.9 Å². The average Bonchev–Trinajstić information content (AvgIpc) is 3.32. The molecule has 2 heterocycles. The lowest BCUT2D eigenvalue weighted by molar-refractivity contribution is -0.275. The van der Waals surface area contributed by atoms with E-state index in [1.165, 1.54) is 36.7 Å². The van der Waals surface area contributed by atoms with Crippen molar-refractivity contribution < 1.29 is 27.6 Å². The van der Waals surface area contributed by atoms with Gasteiger partial charge in [-0.25, -0.2) is 14.9 Å². The summed E-state index contributed by atoms with van der Waals surface area (Å²) in [7, 11) is 0. The summed E-state index contributed by atoms with van der Waals surface area (Å²) in [5.74, 6) is -1.41. The molecule has 1 aliphatic rings. The van der Waals surface area contributed by atoms with Gasteiger partial charge < -0.3 is 4.84 Å². The highest BCUT2D eigenvalue weighted by molar-refractivity contribution is 6.34. The van der Waals surface area contributed by atoms with Crippen LogP contribution in [0.25, 0.3) is 0 Å². The maximum Gasteiger partial charge on any atom is 0.435 e. The lowest BCUT2D eigenvalue weighted by Crippen LogP contribution is -2.42.